The fourth-order valence-corrected chi connectivity index (χ4v) is 4.90. The number of thioether (sulfide) groups is 1. The van der Waals surface area contributed by atoms with Crippen molar-refractivity contribution < 1.29 is 13.9 Å². The van der Waals surface area contributed by atoms with Crippen molar-refractivity contribution in [2.24, 2.45) is 4.99 Å². The van der Waals surface area contributed by atoms with Crippen LogP contribution in [0.3, 0.4) is 0 Å². The minimum Gasteiger partial charge on any atom is -0.465 e. The molecule has 29 heavy (non-hydrogen) atoms. The summed E-state index contributed by atoms with van der Waals surface area (Å²) < 4.78 is 23.0. The van der Waals surface area contributed by atoms with E-state index in [1.54, 1.807) is 9.36 Å². The van der Waals surface area contributed by atoms with Gasteiger partial charge in [0.15, 0.2) is 0 Å². The van der Waals surface area contributed by atoms with Gasteiger partial charge in [0.25, 0.3) is 0 Å². The van der Waals surface area contributed by atoms with Crippen molar-refractivity contribution in [3.63, 3.8) is 0 Å². The van der Waals surface area contributed by atoms with Crippen LogP contribution in [0.1, 0.15) is 39.0 Å². The summed E-state index contributed by atoms with van der Waals surface area (Å²) in [6, 6.07) is 2.70. The summed E-state index contributed by atoms with van der Waals surface area (Å²) in [6.45, 7) is 3.81. The Bertz CT molecular complexity index is 1000. The minimum atomic E-state index is -0.572. The van der Waals surface area contributed by atoms with Gasteiger partial charge in [-0.2, -0.15) is 0 Å². The highest BCUT2D eigenvalue weighted by molar-refractivity contribution is 8.00. The number of carbonyl (C=O) groups excluding carboxylic acids is 1. The molecule has 6 nitrogen and oxygen atoms in total. The molecular weight excluding hydrogens is 437 g/mol. The summed E-state index contributed by atoms with van der Waals surface area (Å²) >= 11 is 8.32. The molecule has 0 saturated heterocycles. The molecule has 0 radical (unpaired) electrons. The number of fused-ring (bicyclic) bond motifs is 1. The van der Waals surface area contributed by atoms with Crippen LogP contribution in [0, 0.1) is 5.82 Å². The molecule has 1 aliphatic rings. The average molecular weight is 460 g/mol. The minimum absolute atomic E-state index is 0.0840. The maximum atomic E-state index is 14.4. The maximum absolute atomic E-state index is 14.4. The summed E-state index contributed by atoms with van der Waals surface area (Å²) in [5, 5.41) is 0.213. The van der Waals surface area contributed by atoms with Gasteiger partial charge in [0.05, 0.1) is 17.4 Å². The Labute approximate surface area is 181 Å². The Kier molecular flexibility index (Phi) is 7.97. The van der Waals surface area contributed by atoms with Gasteiger partial charge in [-0.1, -0.05) is 31.4 Å². The van der Waals surface area contributed by atoms with Gasteiger partial charge in [-0.3, -0.25) is 14.3 Å². The number of hydrogen-bond donors (Lipinski definition) is 0. The van der Waals surface area contributed by atoms with Gasteiger partial charge in [0.2, 0.25) is 4.80 Å². The highest BCUT2D eigenvalue weighted by Gasteiger charge is 2.15. The Morgan fingerprint density at radius 3 is 2.83 bits per heavy atom. The van der Waals surface area contributed by atoms with E-state index in [1.807, 2.05) is 0 Å². The number of halogens is 2. The molecule has 3 rings (SSSR count). The van der Waals surface area contributed by atoms with Crippen molar-refractivity contribution in [3.8, 4) is 0 Å². The molecule has 1 aliphatic heterocycles. The number of esters is 1. The van der Waals surface area contributed by atoms with E-state index >= 15 is 0 Å². The van der Waals surface area contributed by atoms with Gasteiger partial charge in [-0.05, 0) is 42.7 Å². The van der Waals surface area contributed by atoms with E-state index in [4.69, 9.17) is 16.3 Å². The summed E-state index contributed by atoms with van der Waals surface area (Å²) in [5.74, 6) is -0.821. The summed E-state index contributed by atoms with van der Waals surface area (Å²) in [7, 11) is 0. The number of ether oxygens (including phenoxy) is 1. The van der Waals surface area contributed by atoms with Gasteiger partial charge in [0.1, 0.15) is 11.5 Å². The number of unbranched alkanes of at least 4 members (excludes halogenated alkanes) is 2. The average Bonchev–Trinajstić information content (AvgIpc) is 3.02. The first-order chi connectivity index (χ1) is 14.0. The second-order valence-corrected chi connectivity index (χ2v) is 9.01. The van der Waals surface area contributed by atoms with Crippen molar-refractivity contribution in [2.75, 3.05) is 12.4 Å². The lowest BCUT2D eigenvalue weighted by Gasteiger charge is -2.15. The van der Waals surface area contributed by atoms with E-state index in [0.29, 0.717) is 29.4 Å². The molecular formula is C19H23ClFN3O3S2. The van der Waals surface area contributed by atoms with Gasteiger partial charge in [-0.15, -0.1) is 11.8 Å². The molecule has 0 amide bonds. The molecule has 0 spiro atoms. The second-order valence-electron chi connectivity index (χ2n) is 6.67. The van der Waals surface area contributed by atoms with E-state index in [2.05, 4.69) is 11.9 Å². The van der Waals surface area contributed by atoms with Crippen LogP contribution in [0.4, 0.5) is 10.1 Å². The third-order valence-corrected chi connectivity index (χ3v) is 6.79. The van der Waals surface area contributed by atoms with Crippen LogP contribution < -0.4 is 9.67 Å². The number of rotatable bonds is 8. The van der Waals surface area contributed by atoms with Crippen molar-refractivity contribution in [1.29, 1.82) is 0 Å². The van der Waals surface area contributed by atoms with Crippen molar-refractivity contribution in [1.82, 2.24) is 9.36 Å². The predicted octanol–water partition coefficient (Wildman–Crippen LogP) is 4.36. The monoisotopic (exact) mass is 459 g/mol. The summed E-state index contributed by atoms with van der Waals surface area (Å²) in [5.41, 5.74) is 0.0935. The summed E-state index contributed by atoms with van der Waals surface area (Å²) in [4.78, 5) is 29.3. The number of benzene rings is 1. The van der Waals surface area contributed by atoms with Crippen molar-refractivity contribution >= 4 is 46.4 Å². The van der Waals surface area contributed by atoms with Crippen molar-refractivity contribution in [2.45, 2.75) is 57.0 Å². The number of hydrogen-bond acceptors (Lipinski definition) is 6. The van der Waals surface area contributed by atoms with E-state index in [0.717, 1.165) is 43.4 Å². The normalized spacial score (nSPS) is 14.1. The molecule has 0 unspecified atom stereocenters. The first-order valence-electron chi connectivity index (χ1n) is 9.62. The largest absolute Gasteiger partial charge is 0.465 e. The van der Waals surface area contributed by atoms with Crippen LogP contribution >= 0.6 is 34.7 Å². The van der Waals surface area contributed by atoms with Gasteiger partial charge in [-0.25, -0.2) is 14.1 Å². The molecule has 0 saturated carbocycles. The van der Waals surface area contributed by atoms with Crippen LogP contribution in [-0.4, -0.2) is 27.7 Å². The summed E-state index contributed by atoms with van der Waals surface area (Å²) in [6.07, 6.45) is 4.81. The molecule has 2 aromatic rings. The lowest BCUT2D eigenvalue weighted by molar-refractivity contribution is -0.140. The Balaban J connectivity index is 1.77. The molecule has 2 heterocycles. The highest BCUT2D eigenvalue weighted by Crippen LogP contribution is 2.33. The molecule has 158 valence electrons. The predicted molar refractivity (Wildman–Crippen MR) is 114 cm³/mol. The van der Waals surface area contributed by atoms with Crippen LogP contribution in [0.2, 0.25) is 5.02 Å². The topological polar surface area (TPSA) is 65.6 Å². The van der Waals surface area contributed by atoms with Crippen molar-refractivity contribution in [3.05, 3.63) is 37.4 Å². The third kappa shape index (κ3) is 5.73. The first kappa shape index (κ1) is 22.1. The van der Waals surface area contributed by atoms with Gasteiger partial charge >= 0.3 is 10.8 Å². The molecule has 10 heteroatoms. The number of aromatic nitrogens is 2. The molecule has 0 fully saturated rings. The van der Waals surface area contributed by atoms with Crippen LogP contribution in [0.5, 0.6) is 0 Å². The number of carbonyl (C=O) groups is 1. The zero-order valence-electron chi connectivity index (χ0n) is 16.2. The van der Waals surface area contributed by atoms with E-state index in [1.165, 1.54) is 23.9 Å². The van der Waals surface area contributed by atoms with Crippen LogP contribution in [0.25, 0.3) is 0 Å². The van der Waals surface area contributed by atoms with E-state index in [-0.39, 0.29) is 27.3 Å². The van der Waals surface area contributed by atoms with Crippen LogP contribution in [-0.2, 0) is 22.6 Å². The molecule has 0 N–H and O–H groups in total. The zero-order chi connectivity index (χ0) is 20.8. The standard InChI is InChI=1S/C19H23ClFN3O3S2/c1-2-3-6-9-27-17(25)12-28-16-11-15(14(21)10-13(16)20)22-18-23-7-4-5-8-24(23)19(26)29-18/h10-11H,2-9,12H2,1H3. The fourth-order valence-electron chi connectivity index (χ4n) is 2.95. The number of nitrogens with zero attached hydrogens (tertiary/aromatic N) is 3. The SMILES string of the molecule is CCCCCOC(=O)CSc1cc(N=c2sc(=O)n3n2CCCC3)c(F)cc1Cl. The third-order valence-electron chi connectivity index (χ3n) is 4.47. The van der Waals surface area contributed by atoms with Gasteiger partial charge in [0, 0.05) is 18.0 Å². The van der Waals surface area contributed by atoms with E-state index < -0.39 is 5.82 Å². The highest BCUT2D eigenvalue weighted by atomic mass is 35.5. The Morgan fingerprint density at radius 2 is 2.07 bits per heavy atom. The fraction of sp³-hybridized carbons (Fsp3) is 0.526. The first-order valence-corrected chi connectivity index (χ1v) is 11.8. The molecule has 0 bridgehead atoms. The molecule has 0 aliphatic carbocycles. The van der Waals surface area contributed by atoms with Gasteiger partial charge < -0.3 is 4.74 Å². The Hall–Kier alpha value is -1.58. The quantitative estimate of drug-likeness (QED) is 0.334. The smallest absolute Gasteiger partial charge is 0.325 e. The zero-order valence-corrected chi connectivity index (χ0v) is 18.5. The lowest BCUT2D eigenvalue weighted by atomic mass is 10.3. The van der Waals surface area contributed by atoms with Crippen LogP contribution in [0.15, 0.2) is 26.8 Å². The molecule has 1 aromatic heterocycles. The molecule has 1 aromatic carbocycles. The molecule has 0 atom stereocenters. The lowest BCUT2D eigenvalue weighted by Crippen LogP contribution is -2.31. The van der Waals surface area contributed by atoms with E-state index in [9.17, 15) is 14.0 Å². The second kappa shape index (κ2) is 10.4. The maximum Gasteiger partial charge on any atom is 0.325 e. The Morgan fingerprint density at radius 1 is 1.31 bits per heavy atom.